The molecule has 1 aliphatic heterocycles. The zero-order valence-electron chi connectivity index (χ0n) is 22.4. The summed E-state index contributed by atoms with van der Waals surface area (Å²) in [6.45, 7) is 4.56. The lowest BCUT2D eigenvalue weighted by Crippen LogP contribution is -2.45. The van der Waals surface area contributed by atoms with Crippen molar-refractivity contribution in [3.05, 3.63) is 76.2 Å². The van der Waals surface area contributed by atoms with Crippen molar-refractivity contribution in [2.75, 3.05) is 58.5 Å². The second kappa shape index (κ2) is 11.7. The molecule has 1 aromatic heterocycles. The summed E-state index contributed by atoms with van der Waals surface area (Å²) in [5.74, 6) is -0.599. The van der Waals surface area contributed by atoms with Crippen molar-refractivity contribution in [2.45, 2.75) is 25.9 Å². The number of ether oxygens (including phenoxy) is 3. The highest BCUT2D eigenvalue weighted by molar-refractivity contribution is 5.57. The van der Waals surface area contributed by atoms with Crippen molar-refractivity contribution >= 4 is 5.69 Å². The van der Waals surface area contributed by atoms with E-state index in [1.807, 2.05) is 24.3 Å². The molecule has 10 heteroatoms. The van der Waals surface area contributed by atoms with Crippen LogP contribution < -0.4 is 19.9 Å². The number of hydrogen-bond donors (Lipinski definition) is 0. The molecule has 1 aliphatic carbocycles. The monoisotopic (exact) mass is 540 g/mol. The Morgan fingerprint density at radius 3 is 2.33 bits per heavy atom. The van der Waals surface area contributed by atoms with E-state index in [1.54, 1.807) is 13.3 Å². The van der Waals surface area contributed by atoms with Crippen LogP contribution in [0.3, 0.4) is 0 Å². The second-order valence-electron chi connectivity index (χ2n) is 10.4. The fraction of sp³-hybridized carbons (Fsp3) is 0.448. The Bertz CT molecular complexity index is 1320. The van der Waals surface area contributed by atoms with Gasteiger partial charge in [0.05, 0.1) is 32.2 Å². The summed E-state index contributed by atoms with van der Waals surface area (Å²) < 4.78 is 46.2. The predicted octanol–water partition coefficient (Wildman–Crippen LogP) is 4.04. The smallest absolute Gasteiger partial charge is 0.316 e. The van der Waals surface area contributed by atoms with Gasteiger partial charge in [-0.1, -0.05) is 12.1 Å². The molecule has 0 spiro atoms. The molecule has 1 saturated carbocycles. The average Bonchev–Trinajstić information content (AvgIpc) is 3.70. The number of anilines is 1. The summed E-state index contributed by atoms with van der Waals surface area (Å²) >= 11 is 0. The van der Waals surface area contributed by atoms with Crippen molar-refractivity contribution in [2.24, 2.45) is 5.41 Å². The minimum absolute atomic E-state index is 0.0142. The van der Waals surface area contributed by atoms with Crippen molar-refractivity contribution in [3.63, 3.8) is 0 Å². The number of benzene rings is 2. The first-order valence-electron chi connectivity index (χ1n) is 13.2. The molecule has 1 saturated heterocycles. The van der Waals surface area contributed by atoms with Gasteiger partial charge in [-0.15, -0.1) is 0 Å². The molecule has 0 amide bonds. The van der Waals surface area contributed by atoms with Gasteiger partial charge in [0.1, 0.15) is 23.1 Å². The lowest BCUT2D eigenvalue weighted by Gasteiger charge is -2.34. The fourth-order valence-corrected chi connectivity index (χ4v) is 4.75. The number of hydrogen-bond acceptors (Lipinski definition) is 7. The first-order valence-corrected chi connectivity index (χ1v) is 13.2. The normalized spacial score (nSPS) is 16.8. The van der Waals surface area contributed by atoms with Crippen LogP contribution in [0, 0.1) is 17.0 Å². The summed E-state index contributed by atoms with van der Waals surface area (Å²) in [4.78, 5) is 17.9. The van der Waals surface area contributed by atoms with Gasteiger partial charge in [0.15, 0.2) is 0 Å². The maximum atomic E-state index is 13.9. The van der Waals surface area contributed by atoms with E-state index in [1.165, 1.54) is 0 Å². The van der Waals surface area contributed by atoms with Crippen LogP contribution in [-0.2, 0) is 11.3 Å². The van der Waals surface area contributed by atoms with Crippen LogP contribution in [0.5, 0.6) is 11.5 Å². The van der Waals surface area contributed by atoms with Gasteiger partial charge in [-0.3, -0.25) is 4.79 Å². The first kappa shape index (κ1) is 27.1. The molecule has 2 aliphatic rings. The minimum Gasteiger partial charge on any atom is -0.497 e. The molecule has 8 nitrogen and oxygen atoms in total. The highest BCUT2D eigenvalue weighted by atomic mass is 19.1. The van der Waals surface area contributed by atoms with Gasteiger partial charge in [0.25, 0.3) is 0 Å². The largest absolute Gasteiger partial charge is 0.497 e. The van der Waals surface area contributed by atoms with E-state index < -0.39 is 17.2 Å². The zero-order valence-corrected chi connectivity index (χ0v) is 22.4. The average molecular weight is 541 g/mol. The molecule has 2 aromatic carbocycles. The van der Waals surface area contributed by atoms with Gasteiger partial charge in [-0.25, -0.2) is 8.78 Å². The Morgan fingerprint density at radius 2 is 1.69 bits per heavy atom. The summed E-state index contributed by atoms with van der Waals surface area (Å²) in [6, 6.07) is 10.7. The standard InChI is InChI=1S/C29H34F2N4O4/c1-33-10-12-34(13-11-33)26-18-32-35(24-16-22(30)15-23(31)17-24)28(36)27(26)39-20-29(7-8-29)9-14-38-19-21-3-5-25(37-2)6-4-21/h3-6,15-18H,7-14,19-20H2,1-2H3. The molecule has 0 N–H and O–H groups in total. The van der Waals surface area contributed by atoms with E-state index in [0.717, 1.165) is 79.6 Å². The quantitative estimate of drug-likeness (QED) is 0.340. The van der Waals surface area contributed by atoms with E-state index in [4.69, 9.17) is 14.2 Å². The number of aromatic nitrogens is 2. The van der Waals surface area contributed by atoms with Gasteiger partial charge in [0, 0.05) is 44.3 Å². The molecule has 0 atom stereocenters. The molecule has 0 radical (unpaired) electrons. The highest BCUT2D eigenvalue weighted by Gasteiger charge is 2.43. The van der Waals surface area contributed by atoms with Crippen molar-refractivity contribution in [3.8, 4) is 17.2 Å². The third-order valence-electron chi connectivity index (χ3n) is 7.53. The maximum Gasteiger partial charge on any atom is 0.316 e. The van der Waals surface area contributed by atoms with E-state index >= 15 is 0 Å². The molecule has 2 fully saturated rings. The van der Waals surface area contributed by atoms with Crippen LogP contribution in [0.2, 0.25) is 0 Å². The van der Waals surface area contributed by atoms with E-state index in [2.05, 4.69) is 21.9 Å². The van der Waals surface area contributed by atoms with Gasteiger partial charge < -0.3 is 24.0 Å². The third-order valence-corrected chi connectivity index (χ3v) is 7.53. The molecule has 2 heterocycles. The summed E-state index contributed by atoms with van der Waals surface area (Å²) in [6.07, 6.45) is 4.33. The van der Waals surface area contributed by atoms with Gasteiger partial charge >= 0.3 is 5.56 Å². The number of likely N-dealkylation sites (N-methyl/N-ethyl adjacent to an activating group) is 1. The second-order valence-corrected chi connectivity index (χ2v) is 10.4. The fourth-order valence-electron chi connectivity index (χ4n) is 4.75. The maximum absolute atomic E-state index is 13.9. The molecular formula is C29H34F2N4O4. The molecule has 3 aromatic rings. The predicted molar refractivity (Wildman–Crippen MR) is 144 cm³/mol. The summed E-state index contributed by atoms with van der Waals surface area (Å²) in [5.41, 5.74) is 1.08. The zero-order chi connectivity index (χ0) is 27.4. The lowest BCUT2D eigenvalue weighted by molar-refractivity contribution is 0.0924. The number of piperazine rings is 1. The molecule has 39 heavy (non-hydrogen) atoms. The number of methoxy groups -OCH3 is 1. The minimum atomic E-state index is -0.782. The number of halogens is 2. The van der Waals surface area contributed by atoms with Crippen LogP contribution in [0.25, 0.3) is 5.69 Å². The Balaban J connectivity index is 1.29. The van der Waals surface area contributed by atoms with Crippen LogP contribution in [-0.4, -0.2) is 68.2 Å². The molecule has 208 valence electrons. The van der Waals surface area contributed by atoms with Gasteiger partial charge in [0.2, 0.25) is 5.75 Å². The van der Waals surface area contributed by atoms with E-state index in [0.29, 0.717) is 25.5 Å². The van der Waals surface area contributed by atoms with Gasteiger partial charge in [-0.05, 0) is 56.1 Å². The van der Waals surface area contributed by atoms with E-state index in [9.17, 15) is 13.6 Å². The van der Waals surface area contributed by atoms with Crippen LogP contribution in [0.15, 0.2) is 53.5 Å². The Hall–Kier alpha value is -3.50. The van der Waals surface area contributed by atoms with E-state index in [-0.39, 0.29) is 16.9 Å². The summed E-state index contributed by atoms with van der Waals surface area (Å²) in [7, 11) is 3.69. The highest BCUT2D eigenvalue weighted by Crippen LogP contribution is 2.49. The number of nitrogens with zero attached hydrogens (tertiary/aromatic N) is 4. The summed E-state index contributed by atoms with van der Waals surface area (Å²) in [5, 5.41) is 4.25. The first-order chi connectivity index (χ1) is 18.9. The van der Waals surface area contributed by atoms with Crippen molar-refractivity contribution < 1.29 is 23.0 Å². The van der Waals surface area contributed by atoms with Crippen molar-refractivity contribution in [1.82, 2.24) is 14.7 Å². The SMILES string of the molecule is COc1ccc(COCCC2(COc3c(N4CCN(C)CC4)cnn(-c4cc(F)cc(F)c4)c3=O)CC2)cc1. The molecular weight excluding hydrogens is 506 g/mol. The Kier molecular flexibility index (Phi) is 8.13. The molecule has 0 bridgehead atoms. The van der Waals surface area contributed by atoms with Gasteiger partial charge in [-0.2, -0.15) is 9.78 Å². The molecule has 0 unspecified atom stereocenters. The Labute approximate surface area is 226 Å². The van der Waals surface area contributed by atoms with Crippen LogP contribution in [0.4, 0.5) is 14.5 Å². The Morgan fingerprint density at radius 1 is 1.00 bits per heavy atom. The third kappa shape index (κ3) is 6.57. The molecule has 5 rings (SSSR count). The topological polar surface area (TPSA) is 69.1 Å². The van der Waals surface area contributed by atoms with Crippen LogP contribution in [0.1, 0.15) is 24.8 Å². The lowest BCUT2D eigenvalue weighted by atomic mass is 10.1. The number of rotatable bonds is 11. The van der Waals surface area contributed by atoms with Crippen LogP contribution >= 0.6 is 0 Å². The van der Waals surface area contributed by atoms with Crippen molar-refractivity contribution in [1.29, 1.82) is 0 Å².